The Kier molecular flexibility index (Phi) is 5.68. The lowest BCUT2D eigenvalue weighted by Gasteiger charge is -2.18. The van der Waals surface area contributed by atoms with Gasteiger partial charge in [-0.3, -0.25) is 4.79 Å². The van der Waals surface area contributed by atoms with Crippen LogP contribution in [0.3, 0.4) is 0 Å². The maximum Gasteiger partial charge on any atom is 0.261 e. The molecule has 1 N–H and O–H groups in total. The van der Waals surface area contributed by atoms with Crippen LogP contribution >= 0.6 is 11.3 Å². The first kappa shape index (κ1) is 18.1. The predicted molar refractivity (Wildman–Crippen MR) is 100 cm³/mol. The first-order valence-corrected chi connectivity index (χ1v) is 9.33. The number of carbonyl (C=O) groups is 1. The second-order valence-corrected chi connectivity index (χ2v) is 6.94. The van der Waals surface area contributed by atoms with Gasteiger partial charge in [-0.25, -0.2) is 0 Å². The van der Waals surface area contributed by atoms with Gasteiger partial charge in [-0.15, -0.1) is 11.3 Å². The van der Waals surface area contributed by atoms with Crippen molar-refractivity contribution in [1.29, 1.82) is 0 Å². The van der Waals surface area contributed by atoms with Crippen molar-refractivity contribution < 1.29 is 14.1 Å². The molecule has 0 spiro atoms. The second-order valence-electron chi connectivity index (χ2n) is 5.99. The number of ether oxygens (including phenoxy) is 1. The number of nitrogens with one attached hydrogen (secondary N) is 1. The quantitative estimate of drug-likeness (QED) is 0.682. The third kappa shape index (κ3) is 4.29. The van der Waals surface area contributed by atoms with E-state index in [1.807, 2.05) is 56.5 Å². The number of aryl methyl sites for hydroxylation is 2. The van der Waals surface area contributed by atoms with Crippen LogP contribution in [0.15, 0.2) is 40.2 Å². The maximum atomic E-state index is 12.5. The average Bonchev–Trinajstić information content (AvgIpc) is 3.31. The standard InChI is InChI=1S/C19H21N3O3S/c1-4-14(24-15-10-12(2)7-8-13(15)3)19(23)20-11-17-21-18(22-25-17)16-6-5-9-26-16/h5-10,14H,4,11H2,1-3H3,(H,20,23)/t14-/m1/s1. The van der Waals surface area contributed by atoms with Gasteiger partial charge < -0.3 is 14.6 Å². The molecular weight excluding hydrogens is 350 g/mol. The fourth-order valence-electron chi connectivity index (χ4n) is 2.42. The van der Waals surface area contributed by atoms with E-state index < -0.39 is 6.10 Å². The summed E-state index contributed by atoms with van der Waals surface area (Å²) in [5, 5.41) is 8.69. The first-order chi connectivity index (χ1) is 12.6. The van der Waals surface area contributed by atoms with Crippen molar-refractivity contribution in [1.82, 2.24) is 15.5 Å². The highest BCUT2D eigenvalue weighted by molar-refractivity contribution is 7.13. The summed E-state index contributed by atoms with van der Waals surface area (Å²) in [6, 6.07) is 9.79. The van der Waals surface area contributed by atoms with E-state index in [1.54, 1.807) is 0 Å². The summed E-state index contributed by atoms with van der Waals surface area (Å²) < 4.78 is 11.1. The molecule has 0 aliphatic rings. The van der Waals surface area contributed by atoms with Crippen LogP contribution in [0.4, 0.5) is 0 Å². The normalized spacial score (nSPS) is 12.0. The Labute approximate surface area is 156 Å². The third-order valence-electron chi connectivity index (χ3n) is 3.90. The van der Waals surface area contributed by atoms with Gasteiger partial charge in [-0.05, 0) is 48.9 Å². The van der Waals surface area contributed by atoms with Gasteiger partial charge in [0, 0.05) is 0 Å². The second kappa shape index (κ2) is 8.14. The van der Waals surface area contributed by atoms with Gasteiger partial charge in [0.25, 0.3) is 5.91 Å². The van der Waals surface area contributed by atoms with Crippen molar-refractivity contribution in [3.8, 4) is 16.5 Å². The Morgan fingerprint density at radius 1 is 1.35 bits per heavy atom. The van der Waals surface area contributed by atoms with Gasteiger partial charge in [-0.2, -0.15) is 4.98 Å². The number of hydrogen-bond acceptors (Lipinski definition) is 6. The van der Waals surface area contributed by atoms with E-state index in [2.05, 4.69) is 15.5 Å². The molecule has 136 valence electrons. The average molecular weight is 371 g/mol. The number of hydrogen-bond donors (Lipinski definition) is 1. The Morgan fingerprint density at radius 3 is 2.92 bits per heavy atom. The largest absolute Gasteiger partial charge is 0.480 e. The lowest BCUT2D eigenvalue weighted by Crippen LogP contribution is -2.37. The molecule has 7 heteroatoms. The summed E-state index contributed by atoms with van der Waals surface area (Å²) in [6.07, 6.45) is -0.0149. The molecule has 3 rings (SSSR count). The lowest BCUT2D eigenvalue weighted by atomic mass is 10.1. The van der Waals surface area contributed by atoms with E-state index >= 15 is 0 Å². The van der Waals surface area contributed by atoms with E-state index in [1.165, 1.54) is 11.3 Å². The summed E-state index contributed by atoms with van der Waals surface area (Å²) >= 11 is 1.53. The highest BCUT2D eigenvalue weighted by Gasteiger charge is 2.20. The van der Waals surface area contributed by atoms with Crippen molar-refractivity contribution >= 4 is 17.2 Å². The van der Waals surface area contributed by atoms with E-state index in [-0.39, 0.29) is 12.5 Å². The fourth-order valence-corrected chi connectivity index (χ4v) is 3.07. The number of benzene rings is 1. The lowest BCUT2D eigenvalue weighted by molar-refractivity contribution is -0.128. The molecule has 1 atom stereocenters. The van der Waals surface area contributed by atoms with Crippen molar-refractivity contribution in [2.24, 2.45) is 0 Å². The molecule has 0 unspecified atom stereocenters. The van der Waals surface area contributed by atoms with Gasteiger partial charge in [0.2, 0.25) is 11.7 Å². The maximum absolute atomic E-state index is 12.5. The van der Waals surface area contributed by atoms with Gasteiger partial charge in [0.15, 0.2) is 6.10 Å². The Balaban J connectivity index is 1.60. The molecule has 26 heavy (non-hydrogen) atoms. The van der Waals surface area contributed by atoms with Crippen LogP contribution < -0.4 is 10.1 Å². The van der Waals surface area contributed by atoms with Gasteiger partial charge in [-0.1, -0.05) is 30.3 Å². The summed E-state index contributed by atoms with van der Waals surface area (Å²) in [7, 11) is 0. The van der Waals surface area contributed by atoms with E-state index in [9.17, 15) is 4.79 Å². The monoisotopic (exact) mass is 371 g/mol. The van der Waals surface area contributed by atoms with Crippen LogP contribution in [0.5, 0.6) is 5.75 Å². The van der Waals surface area contributed by atoms with E-state index in [0.717, 1.165) is 21.8 Å². The van der Waals surface area contributed by atoms with Crippen LogP contribution in [0.25, 0.3) is 10.7 Å². The van der Waals surface area contributed by atoms with Crippen molar-refractivity contribution in [2.45, 2.75) is 39.8 Å². The van der Waals surface area contributed by atoms with Gasteiger partial charge in [0.05, 0.1) is 11.4 Å². The van der Waals surface area contributed by atoms with Crippen LogP contribution in [0.2, 0.25) is 0 Å². The molecule has 0 radical (unpaired) electrons. The highest BCUT2D eigenvalue weighted by Crippen LogP contribution is 2.22. The van der Waals surface area contributed by atoms with Gasteiger partial charge in [0.1, 0.15) is 5.75 Å². The zero-order chi connectivity index (χ0) is 18.5. The summed E-state index contributed by atoms with van der Waals surface area (Å²) in [6.45, 7) is 6.04. The number of rotatable bonds is 7. The van der Waals surface area contributed by atoms with Crippen molar-refractivity contribution in [3.63, 3.8) is 0 Å². The Hall–Kier alpha value is -2.67. The molecule has 0 aliphatic heterocycles. The van der Waals surface area contributed by atoms with Crippen LogP contribution in [-0.4, -0.2) is 22.2 Å². The molecule has 1 amide bonds. The Bertz CT molecular complexity index is 874. The van der Waals surface area contributed by atoms with Crippen LogP contribution in [0, 0.1) is 13.8 Å². The molecule has 0 fully saturated rings. The van der Waals surface area contributed by atoms with E-state index in [0.29, 0.717) is 18.1 Å². The zero-order valence-corrected chi connectivity index (χ0v) is 15.8. The van der Waals surface area contributed by atoms with Crippen LogP contribution in [-0.2, 0) is 11.3 Å². The smallest absolute Gasteiger partial charge is 0.261 e. The third-order valence-corrected chi connectivity index (χ3v) is 4.77. The minimum Gasteiger partial charge on any atom is -0.480 e. The number of nitrogens with zero attached hydrogens (tertiary/aromatic N) is 2. The molecule has 0 bridgehead atoms. The van der Waals surface area contributed by atoms with Crippen molar-refractivity contribution in [3.05, 3.63) is 52.7 Å². The van der Waals surface area contributed by atoms with Gasteiger partial charge >= 0.3 is 0 Å². The molecule has 0 saturated carbocycles. The molecule has 0 aliphatic carbocycles. The molecular formula is C19H21N3O3S. The summed E-state index contributed by atoms with van der Waals surface area (Å²) in [4.78, 5) is 17.7. The molecule has 6 nitrogen and oxygen atoms in total. The highest BCUT2D eigenvalue weighted by atomic mass is 32.1. The predicted octanol–water partition coefficient (Wildman–Crippen LogP) is 3.89. The number of thiophene rings is 1. The fraction of sp³-hybridized carbons (Fsp3) is 0.316. The number of aromatic nitrogens is 2. The Morgan fingerprint density at radius 2 is 2.19 bits per heavy atom. The van der Waals surface area contributed by atoms with Crippen LogP contribution in [0.1, 0.15) is 30.4 Å². The minimum atomic E-state index is -0.574. The summed E-state index contributed by atoms with van der Waals surface area (Å²) in [5.74, 6) is 1.42. The number of amides is 1. The topological polar surface area (TPSA) is 77.2 Å². The SMILES string of the molecule is CC[C@@H](Oc1cc(C)ccc1C)C(=O)NCc1nc(-c2cccs2)no1. The first-order valence-electron chi connectivity index (χ1n) is 8.45. The molecule has 2 aromatic heterocycles. The molecule has 1 aromatic carbocycles. The summed E-state index contributed by atoms with van der Waals surface area (Å²) in [5.41, 5.74) is 2.09. The number of carbonyl (C=O) groups excluding carboxylic acids is 1. The minimum absolute atomic E-state index is 0.171. The van der Waals surface area contributed by atoms with E-state index in [4.69, 9.17) is 9.26 Å². The molecule has 0 saturated heterocycles. The molecule has 2 heterocycles. The van der Waals surface area contributed by atoms with Crippen molar-refractivity contribution in [2.75, 3.05) is 0 Å². The zero-order valence-electron chi connectivity index (χ0n) is 15.0. The molecule has 3 aromatic rings.